The molecule has 46 heavy (non-hydrogen) atoms. The second-order valence-electron chi connectivity index (χ2n) is 12.6. The molecule has 2 fully saturated rings. The minimum absolute atomic E-state index is 0.264. The van der Waals surface area contributed by atoms with Crippen molar-refractivity contribution in [1.29, 1.82) is 0 Å². The molecule has 0 bridgehead atoms. The van der Waals surface area contributed by atoms with Gasteiger partial charge >= 0.3 is 5.97 Å². The molecule has 7 rings (SSSR count). The number of halogens is 1. The maximum atomic E-state index is 11.7. The number of aromatic carboxylic acids is 1. The number of rotatable bonds is 12. The number of ether oxygens (including phenoxy) is 1. The summed E-state index contributed by atoms with van der Waals surface area (Å²) in [6.07, 6.45) is 9.31. The van der Waals surface area contributed by atoms with Gasteiger partial charge in [0.1, 0.15) is 18.2 Å². The first-order valence-electron chi connectivity index (χ1n) is 16.2. The Hall–Kier alpha value is -4.21. The van der Waals surface area contributed by atoms with Gasteiger partial charge in [0.25, 0.3) is 0 Å². The third-order valence-electron chi connectivity index (χ3n) is 9.35. The van der Waals surface area contributed by atoms with Crippen molar-refractivity contribution in [3.63, 3.8) is 0 Å². The zero-order valence-corrected chi connectivity index (χ0v) is 26.9. The van der Waals surface area contributed by atoms with Crippen LogP contribution in [0.4, 0.5) is 0 Å². The fourth-order valence-corrected chi connectivity index (χ4v) is 6.80. The van der Waals surface area contributed by atoms with Crippen molar-refractivity contribution in [3.8, 4) is 5.75 Å². The lowest BCUT2D eigenvalue weighted by atomic mass is 9.92. The second kappa shape index (κ2) is 13.3. The van der Waals surface area contributed by atoms with Crippen LogP contribution < -0.4 is 4.74 Å². The van der Waals surface area contributed by atoms with Gasteiger partial charge in [0.05, 0.1) is 52.4 Å². The summed E-state index contributed by atoms with van der Waals surface area (Å²) in [5.74, 6) is 1.93. The average Bonchev–Trinajstić information content (AvgIpc) is 3.73. The van der Waals surface area contributed by atoms with E-state index < -0.39 is 5.97 Å². The van der Waals surface area contributed by atoms with Crippen LogP contribution in [0.2, 0.25) is 5.02 Å². The molecule has 10 heteroatoms. The Morgan fingerprint density at radius 3 is 2.59 bits per heavy atom. The molecule has 9 nitrogen and oxygen atoms in total. The molecular weight excluding hydrogens is 600 g/mol. The highest BCUT2D eigenvalue weighted by Crippen LogP contribution is 2.42. The smallest absolute Gasteiger partial charge is 0.335 e. The maximum absolute atomic E-state index is 11.7. The van der Waals surface area contributed by atoms with E-state index in [2.05, 4.69) is 44.1 Å². The number of hydrogen-bond donors (Lipinski definition) is 1. The summed E-state index contributed by atoms with van der Waals surface area (Å²) in [6.45, 7) is 6.54. The summed E-state index contributed by atoms with van der Waals surface area (Å²) in [5.41, 5.74) is 6.28. The van der Waals surface area contributed by atoms with Crippen molar-refractivity contribution in [2.75, 3.05) is 13.1 Å². The molecule has 1 aliphatic heterocycles. The number of imidazole rings is 2. The number of piperidine rings is 1. The topological polar surface area (TPSA) is 98.3 Å². The van der Waals surface area contributed by atoms with Crippen LogP contribution in [0, 0.1) is 5.92 Å². The van der Waals surface area contributed by atoms with Gasteiger partial charge < -0.3 is 19.0 Å². The Labute approximate surface area is 273 Å². The van der Waals surface area contributed by atoms with Crippen LogP contribution in [0.5, 0.6) is 5.75 Å². The molecule has 4 heterocycles. The monoisotopic (exact) mass is 638 g/mol. The summed E-state index contributed by atoms with van der Waals surface area (Å²) in [6, 6.07) is 17.5. The Morgan fingerprint density at radius 1 is 1.00 bits per heavy atom. The third kappa shape index (κ3) is 6.81. The van der Waals surface area contributed by atoms with Crippen LogP contribution in [0.3, 0.4) is 0 Å². The largest absolute Gasteiger partial charge is 0.486 e. The van der Waals surface area contributed by atoms with Gasteiger partial charge in [-0.1, -0.05) is 23.7 Å². The SMILES string of the molecule is CCn1cncc1Cn1c(CN2CCC(Cc3cccc(COc4ccc(C5CC5)cc4Cl)n3)CC2)nc2ccc(C(=O)O)cc21. The highest BCUT2D eigenvalue weighted by atomic mass is 35.5. The molecule has 0 radical (unpaired) electrons. The predicted octanol–water partition coefficient (Wildman–Crippen LogP) is 6.96. The second-order valence-corrected chi connectivity index (χ2v) is 13.0. The van der Waals surface area contributed by atoms with Crippen molar-refractivity contribution in [2.45, 2.75) is 71.2 Å². The number of nitrogens with zero attached hydrogens (tertiary/aromatic N) is 6. The van der Waals surface area contributed by atoms with Crippen LogP contribution in [-0.4, -0.2) is 53.2 Å². The molecule has 2 aromatic carbocycles. The van der Waals surface area contributed by atoms with E-state index in [0.717, 1.165) is 72.8 Å². The number of hydrogen-bond acceptors (Lipinski definition) is 6. The van der Waals surface area contributed by atoms with E-state index in [1.54, 1.807) is 12.1 Å². The van der Waals surface area contributed by atoms with Crippen molar-refractivity contribution in [2.24, 2.45) is 5.92 Å². The Balaban J connectivity index is 0.980. The summed E-state index contributed by atoms with van der Waals surface area (Å²) in [4.78, 5) is 28.4. The highest BCUT2D eigenvalue weighted by Gasteiger charge is 2.25. The molecule has 2 aliphatic rings. The van der Waals surface area contributed by atoms with Gasteiger partial charge in [0.2, 0.25) is 0 Å². The Kier molecular flexibility index (Phi) is 8.78. The van der Waals surface area contributed by atoms with Gasteiger partial charge in [-0.15, -0.1) is 0 Å². The van der Waals surface area contributed by atoms with E-state index in [0.29, 0.717) is 42.3 Å². The van der Waals surface area contributed by atoms with E-state index in [4.69, 9.17) is 26.3 Å². The summed E-state index contributed by atoms with van der Waals surface area (Å²) in [7, 11) is 0. The number of aryl methyl sites for hydroxylation is 1. The van der Waals surface area contributed by atoms with Crippen molar-refractivity contribution in [3.05, 3.63) is 106 Å². The molecule has 1 aliphatic carbocycles. The van der Waals surface area contributed by atoms with Crippen LogP contribution >= 0.6 is 11.6 Å². The molecular formula is C36H39ClN6O3. The normalized spacial score (nSPS) is 15.9. The molecule has 0 atom stereocenters. The summed E-state index contributed by atoms with van der Waals surface area (Å²) >= 11 is 6.50. The molecule has 1 saturated carbocycles. The standard InChI is InChI=1S/C36H39ClN6O3/c1-2-42-23-38-19-30(42)20-43-33-18-27(36(44)45)8-10-32(33)40-35(43)21-41-14-12-24(13-15-41)16-28-4-3-5-29(39-28)22-46-34-11-9-26(17-31(34)37)25-6-7-25/h3-5,8-11,17-19,23-25H,2,6-7,12-16,20-22H2,1H3,(H,44,45). The summed E-state index contributed by atoms with van der Waals surface area (Å²) < 4.78 is 10.3. The van der Waals surface area contributed by atoms with Crippen molar-refractivity contribution in [1.82, 2.24) is 29.0 Å². The molecule has 238 valence electrons. The first-order chi connectivity index (χ1) is 22.4. The average molecular weight is 639 g/mol. The fraction of sp³-hybridized carbons (Fsp3) is 0.389. The molecule has 0 spiro atoms. The number of fused-ring (bicyclic) bond motifs is 1. The number of carboxylic acids is 1. The first kappa shape index (κ1) is 30.4. The number of carbonyl (C=O) groups is 1. The highest BCUT2D eigenvalue weighted by molar-refractivity contribution is 6.32. The van der Waals surface area contributed by atoms with Crippen molar-refractivity contribution < 1.29 is 14.6 Å². The zero-order chi connectivity index (χ0) is 31.6. The minimum Gasteiger partial charge on any atom is -0.486 e. The van der Waals surface area contributed by atoms with Gasteiger partial charge in [-0.2, -0.15) is 0 Å². The first-order valence-corrected chi connectivity index (χ1v) is 16.6. The van der Waals surface area contributed by atoms with E-state index in [1.807, 2.05) is 36.8 Å². The van der Waals surface area contributed by atoms with Crippen LogP contribution in [0.1, 0.15) is 77.4 Å². The van der Waals surface area contributed by atoms with E-state index in [1.165, 1.54) is 18.4 Å². The van der Waals surface area contributed by atoms with Crippen LogP contribution in [0.25, 0.3) is 11.0 Å². The maximum Gasteiger partial charge on any atom is 0.335 e. The number of carboxylic acid groups (broad SMARTS) is 1. The van der Waals surface area contributed by atoms with Gasteiger partial charge in [-0.05, 0) is 112 Å². The lowest BCUT2D eigenvalue weighted by molar-refractivity contribution is 0.0697. The lowest BCUT2D eigenvalue weighted by Gasteiger charge is -2.31. The van der Waals surface area contributed by atoms with Crippen LogP contribution in [-0.2, 0) is 32.7 Å². The van der Waals surface area contributed by atoms with Crippen LogP contribution in [0.15, 0.2) is 67.1 Å². The molecule has 0 amide bonds. The van der Waals surface area contributed by atoms with Gasteiger partial charge in [-0.25, -0.2) is 14.8 Å². The fourth-order valence-electron chi connectivity index (χ4n) is 6.55. The van der Waals surface area contributed by atoms with E-state index in [-0.39, 0.29) is 5.56 Å². The molecule has 1 saturated heterocycles. The summed E-state index contributed by atoms with van der Waals surface area (Å²) in [5, 5.41) is 10.3. The van der Waals surface area contributed by atoms with E-state index >= 15 is 0 Å². The van der Waals surface area contributed by atoms with E-state index in [9.17, 15) is 9.90 Å². The number of aromatic nitrogens is 5. The van der Waals surface area contributed by atoms with Gasteiger partial charge in [-0.3, -0.25) is 9.88 Å². The number of likely N-dealkylation sites (tertiary alicyclic amines) is 1. The quantitative estimate of drug-likeness (QED) is 0.158. The molecule has 3 aromatic heterocycles. The molecule has 1 N–H and O–H groups in total. The molecule has 0 unspecified atom stereocenters. The minimum atomic E-state index is -0.938. The third-order valence-corrected chi connectivity index (χ3v) is 9.64. The number of benzene rings is 2. The molecule has 5 aromatic rings. The Morgan fingerprint density at radius 2 is 1.83 bits per heavy atom. The van der Waals surface area contributed by atoms with Gasteiger partial charge in [0.15, 0.2) is 0 Å². The van der Waals surface area contributed by atoms with Crippen molar-refractivity contribution >= 4 is 28.6 Å². The predicted molar refractivity (Wildman–Crippen MR) is 177 cm³/mol. The Bertz CT molecular complexity index is 1850. The number of pyridine rings is 1. The zero-order valence-electron chi connectivity index (χ0n) is 26.1. The van der Waals surface area contributed by atoms with Gasteiger partial charge in [0, 0.05) is 18.4 Å². The lowest BCUT2D eigenvalue weighted by Crippen LogP contribution is -2.34.